The van der Waals surface area contributed by atoms with Gasteiger partial charge >= 0.3 is 6.03 Å². The molecule has 1 fully saturated rings. The number of amides is 3. The number of nitrogens with one attached hydrogen (secondary N) is 2. The molecule has 0 atom stereocenters. The van der Waals surface area contributed by atoms with Gasteiger partial charge in [0.15, 0.2) is 5.82 Å². The number of imide groups is 1. The maximum absolute atomic E-state index is 12.3. The normalized spacial score (nSPS) is 14.7. The number of aromatic nitrogens is 1. The lowest BCUT2D eigenvalue weighted by molar-refractivity contribution is -0.124. The van der Waals surface area contributed by atoms with E-state index in [9.17, 15) is 9.59 Å². The molecular weight excluding hydrogens is 354 g/mol. The van der Waals surface area contributed by atoms with Gasteiger partial charge in [-0.25, -0.2) is 9.78 Å². The van der Waals surface area contributed by atoms with Crippen LogP contribution in [0, 0.1) is 5.92 Å². The summed E-state index contributed by atoms with van der Waals surface area (Å²) in [5.41, 5.74) is 7.14. The summed E-state index contributed by atoms with van der Waals surface area (Å²) < 4.78 is 0. The Kier molecular flexibility index (Phi) is 5.58. The standard InChI is InChI=1S/C18H20ClN5O2/c19-13-3-5-14(6-4-13)22-18(26)23-17(25)12-7-10-24(11-8-12)16-15(20)2-1-9-21-16/h1-6,9,12H,7-8,10-11,20H2,(H2,22,23,25,26). The van der Waals surface area contributed by atoms with Gasteiger partial charge in [-0.05, 0) is 49.2 Å². The number of pyridine rings is 1. The molecule has 2 heterocycles. The monoisotopic (exact) mass is 373 g/mol. The van der Waals surface area contributed by atoms with Gasteiger partial charge in [0.25, 0.3) is 0 Å². The quantitative estimate of drug-likeness (QED) is 0.768. The first-order valence-electron chi connectivity index (χ1n) is 8.36. The minimum Gasteiger partial charge on any atom is -0.396 e. The molecule has 0 spiro atoms. The van der Waals surface area contributed by atoms with Crippen molar-refractivity contribution in [3.63, 3.8) is 0 Å². The smallest absolute Gasteiger partial charge is 0.325 e. The maximum Gasteiger partial charge on any atom is 0.325 e. The third-order valence-corrected chi connectivity index (χ3v) is 4.57. The second-order valence-electron chi connectivity index (χ2n) is 6.13. The van der Waals surface area contributed by atoms with Crippen molar-refractivity contribution >= 4 is 40.7 Å². The predicted octanol–water partition coefficient (Wildman–Crippen LogP) is 2.88. The Morgan fingerprint density at radius 3 is 2.50 bits per heavy atom. The van der Waals surface area contributed by atoms with Gasteiger partial charge in [0, 0.05) is 35.9 Å². The van der Waals surface area contributed by atoms with Crippen molar-refractivity contribution in [1.29, 1.82) is 0 Å². The molecular formula is C18H20ClN5O2. The van der Waals surface area contributed by atoms with Gasteiger partial charge in [0.05, 0.1) is 5.69 Å². The van der Waals surface area contributed by atoms with E-state index in [1.165, 1.54) is 0 Å². The third-order valence-electron chi connectivity index (χ3n) is 4.32. The van der Waals surface area contributed by atoms with Crippen molar-refractivity contribution < 1.29 is 9.59 Å². The number of nitrogens with two attached hydrogens (primary N) is 1. The van der Waals surface area contributed by atoms with E-state index in [2.05, 4.69) is 20.5 Å². The van der Waals surface area contributed by atoms with Gasteiger partial charge in [-0.15, -0.1) is 0 Å². The van der Waals surface area contributed by atoms with Crippen molar-refractivity contribution in [2.24, 2.45) is 5.92 Å². The summed E-state index contributed by atoms with van der Waals surface area (Å²) in [5.74, 6) is 0.254. The van der Waals surface area contributed by atoms with Crippen LogP contribution in [0.5, 0.6) is 0 Å². The number of urea groups is 1. The minimum absolute atomic E-state index is 0.216. The molecule has 26 heavy (non-hydrogen) atoms. The Morgan fingerprint density at radius 1 is 1.15 bits per heavy atom. The highest BCUT2D eigenvalue weighted by Crippen LogP contribution is 2.25. The number of halogens is 1. The first-order chi connectivity index (χ1) is 12.5. The Hall–Kier alpha value is -2.80. The first kappa shape index (κ1) is 18.0. The zero-order chi connectivity index (χ0) is 18.5. The Bertz CT molecular complexity index is 788. The zero-order valence-corrected chi connectivity index (χ0v) is 14.9. The summed E-state index contributed by atoms with van der Waals surface area (Å²) in [7, 11) is 0. The van der Waals surface area contributed by atoms with Crippen LogP contribution in [0.4, 0.5) is 22.0 Å². The fourth-order valence-electron chi connectivity index (χ4n) is 2.94. The number of nitrogens with zero attached hydrogens (tertiary/aromatic N) is 2. The van der Waals surface area contributed by atoms with E-state index in [0.29, 0.717) is 42.3 Å². The van der Waals surface area contributed by atoms with Crippen molar-refractivity contribution in [2.75, 3.05) is 29.0 Å². The lowest BCUT2D eigenvalue weighted by Crippen LogP contribution is -2.44. The molecule has 0 saturated carbocycles. The molecule has 2 aromatic rings. The molecule has 1 aromatic carbocycles. The van der Waals surface area contributed by atoms with Crippen LogP contribution in [0.25, 0.3) is 0 Å². The van der Waals surface area contributed by atoms with E-state index < -0.39 is 6.03 Å². The molecule has 0 unspecified atom stereocenters. The third kappa shape index (κ3) is 4.43. The molecule has 0 bridgehead atoms. The number of anilines is 3. The van der Waals surface area contributed by atoms with E-state index in [4.69, 9.17) is 17.3 Å². The number of carbonyl (C=O) groups is 2. The highest BCUT2D eigenvalue weighted by molar-refractivity contribution is 6.30. The van der Waals surface area contributed by atoms with Crippen LogP contribution < -0.4 is 21.3 Å². The number of piperidine rings is 1. The predicted molar refractivity (Wildman–Crippen MR) is 102 cm³/mol. The molecule has 3 rings (SSSR count). The van der Waals surface area contributed by atoms with E-state index in [1.807, 2.05) is 6.07 Å². The number of benzene rings is 1. The summed E-state index contributed by atoms with van der Waals surface area (Å²) in [4.78, 5) is 30.6. The molecule has 1 aromatic heterocycles. The van der Waals surface area contributed by atoms with Crippen molar-refractivity contribution in [3.05, 3.63) is 47.6 Å². The van der Waals surface area contributed by atoms with Gasteiger partial charge in [0.2, 0.25) is 5.91 Å². The van der Waals surface area contributed by atoms with Crippen LogP contribution >= 0.6 is 11.6 Å². The lowest BCUT2D eigenvalue weighted by atomic mass is 9.96. The molecule has 4 N–H and O–H groups in total. The van der Waals surface area contributed by atoms with Crippen LogP contribution in [0.15, 0.2) is 42.6 Å². The number of nitrogen functional groups attached to an aromatic ring is 1. The topological polar surface area (TPSA) is 100 Å². The number of hydrogen-bond acceptors (Lipinski definition) is 5. The summed E-state index contributed by atoms with van der Waals surface area (Å²) >= 11 is 5.80. The maximum atomic E-state index is 12.3. The molecule has 0 aliphatic carbocycles. The van der Waals surface area contributed by atoms with Gasteiger partial charge in [-0.1, -0.05) is 11.6 Å². The average Bonchev–Trinajstić information content (AvgIpc) is 2.64. The molecule has 1 aliphatic rings. The molecule has 0 radical (unpaired) electrons. The van der Waals surface area contributed by atoms with Crippen molar-refractivity contribution in [2.45, 2.75) is 12.8 Å². The van der Waals surface area contributed by atoms with E-state index in [1.54, 1.807) is 36.5 Å². The van der Waals surface area contributed by atoms with Gasteiger partial charge < -0.3 is 16.0 Å². The fourth-order valence-corrected chi connectivity index (χ4v) is 3.06. The summed E-state index contributed by atoms with van der Waals surface area (Å²) in [5, 5.41) is 5.59. The van der Waals surface area contributed by atoms with Crippen LogP contribution in [0.3, 0.4) is 0 Å². The second kappa shape index (κ2) is 8.05. The van der Waals surface area contributed by atoms with Gasteiger partial charge in [-0.2, -0.15) is 0 Å². The molecule has 3 amide bonds. The van der Waals surface area contributed by atoms with E-state index in [-0.39, 0.29) is 11.8 Å². The fraction of sp³-hybridized carbons (Fsp3) is 0.278. The first-order valence-corrected chi connectivity index (χ1v) is 8.73. The molecule has 8 heteroatoms. The van der Waals surface area contributed by atoms with Gasteiger partial charge in [0.1, 0.15) is 0 Å². The second-order valence-corrected chi connectivity index (χ2v) is 6.56. The summed E-state index contributed by atoms with van der Waals surface area (Å²) in [6, 6.07) is 9.72. The van der Waals surface area contributed by atoms with Crippen molar-refractivity contribution in [3.8, 4) is 0 Å². The van der Waals surface area contributed by atoms with E-state index >= 15 is 0 Å². The SMILES string of the molecule is Nc1cccnc1N1CCC(C(=O)NC(=O)Nc2ccc(Cl)cc2)CC1. The molecule has 1 saturated heterocycles. The lowest BCUT2D eigenvalue weighted by Gasteiger charge is -2.32. The van der Waals surface area contributed by atoms with Crippen LogP contribution in [0.1, 0.15) is 12.8 Å². The van der Waals surface area contributed by atoms with Crippen LogP contribution in [0.2, 0.25) is 5.02 Å². The summed E-state index contributed by atoms with van der Waals surface area (Å²) in [6.07, 6.45) is 2.97. The number of carbonyl (C=O) groups excluding carboxylic acids is 2. The van der Waals surface area contributed by atoms with Crippen LogP contribution in [-0.4, -0.2) is 30.0 Å². The highest BCUT2D eigenvalue weighted by atomic mass is 35.5. The van der Waals surface area contributed by atoms with Gasteiger partial charge in [-0.3, -0.25) is 10.1 Å². The number of hydrogen-bond donors (Lipinski definition) is 3. The van der Waals surface area contributed by atoms with E-state index in [0.717, 1.165) is 5.82 Å². The largest absolute Gasteiger partial charge is 0.396 e. The zero-order valence-electron chi connectivity index (χ0n) is 14.1. The Morgan fingerprint density at radius 2 is 1.85 bits per heavy atom. The van der Waals surface area contributed by atoms with Crippen molar-refractivity contribution in [1.82, 2.24) is 10.3 Å². The Labute approximate surface area is 156 Å². The molecule has 1 aliphatic heterocycles. The minimum atomic E-state index is -0.547. The number of rotatable bonds is 3. The summed E-state index contributed by atoms with van der Waals surface area (Å²) in [6.45, 7) is 1.33. The highest BCUT2D eigenvalue weighted by Gasteiger charge is 2.27. The molecule has 7 nitrogen and oxygen atoms in total. The average molecular weight is 374 g/mol. The molecule has 136 valence electrons. The Balaban J connectivity index is 1.49. The van der Waals surface area contributed by atoms with Crippen LogP contribution in [-0.2, 0) is 4.79 Å².